The van der Waals surface area contributed by atoms with Gasteiger partial charge in [0, 0.05) is 50.8 Å². The molecule has 3 aliphatic rings. The van der Waals surface area contributed by atoms with Crippen molar-refractivity contribution < 1.29 is 22.3 Å². The molecule has 1 saturated carbocycles. The maximum Gasteiger partial charge on any atom is 0.258 e. The molecule has 2 aromatic carbocycles. The first-order valence-corrected chi connectivity index (χ1v) is 18.5. The zero-order valence-corrected chi connectivity index (χ0v) is 28.6. The second kappa shape index (κ2) is 14.2. The number of nitrogens with zero attached hydrogens (tertiary/aromatic N) is 4. The summed E-state index contributed by atoms with van der Waals surface area (Å²) in [5.74, 6) is 0.266. The average Bonchev–Trinajstić information content (AvgIpc) is 3.82. The van der Waals surface area contributed by atoms with E-state index in [0.29, 0.717) is 72.4 Å². The molecular weight excluding hydrogens is 631 g/mol. The minimum absolute atomic E-state index is 0.0496. The third kappa shape index (κ3) is 8.51. The highest BCUT2D eigenvalue weighted by Crippen LogP contribution is 2.54. The first-order chi connectivity index (χ1) is 23.0. The third-order valence-corrected chi connectivity index (χ3v) is 10.9. The highest BCUT2D eigenvalue weighted by atomic mass is 32.2. The summed E-state index contributed by atoms with van der Waals surface area (Å²) in [6.07, 6.45) is 8.63. The first-order valence-electron chi connectivity index (χ1n) is 16.8. The average molecular weight is 677 g/mol. The molecule has 48 heavy (non-hydrogen) atoms. The largest absolute Gasteiger partial charge is 0.376 e. The summed E-state index contributed by atoms with van der Waals surface area (Å²) in [7, 11) is -3.70. The Morgan fingerprint density at radius 2 is 1.67 bits per heavy atom. The van der Waals surface area contributed by atoms with Crippen LogP contribution in [0, 0.1) is 12.3 Å². The number of benzene rings is 2. The molecule has 1 aliphatic carbocycles. The van der Waals surface area contributed by atoms with Crippen LogP contribution >= 0.6 is 0 Å². The maximum absolute atomic E-state index is 15.0. The van der Waals surface area contributed by atoms with Crippen molar-refractivity contribution in [1.82, 2.24) is 9.97 Å². The lowest BCUT2D eigenvalue weighted by Gasteiger charge is -2.35. The highest BCUT2D eigenvalue weighted by molar-refractivity contribution is 7.92. The van der Waals surface area contributed by atoms with Crippen LogP contribution in [0.2, 0.25) is 0 Å². The van der Waals surface area contributed by atoms with Gasteiger partial charge < -0.3 is 19.9 Å². The van der Waals surface area contributed by atoms with Gasteiger partial charge in [0.2, 0.25) is 16.0 Å². The number of hydrogen-bond acceptors (Lipinski definition) is 8. The van der Waals surface area contributed by atoms with Crippen molar-refractivity contribution in [3.05, 3.63) is 83.6 Å². The Balaban J connectivity index is 1.16. The molecule has 1 aromatic heterocycles. The smallest absolute Gasteiger partial charge is 0.258 e. The quantitative estimate of drug-likeness (QED) is 0.171. The summed E-state index contributed by atoms with van der Waals surface area (Å²) in [5.41, 5.74) is 2.26. The van der Waals surface area contributed by atoms with Gasteiger partial charge in [-0.2, -0.15) is 4.98 Å². The van der Waals surface area contributed by atoms with Crippen LogP contribution < -0.4 is 19.8 Å². The minimum Gasteiger partial charge on any atom is -0.376 e. The fraction of sp³-hybridized carbons (Fsp3) is 0.472. The molecule has 3 fully saturated rings. The molecule has 2 N–H and O–H groups in total. The summed E-state index contributed by atoms with van der Waals surface area (Å²) < 4.78 is 49.3. The Hall–Kier alpha value is -4.03. The molecule has 2 saturated heterocycles. The zero-order chi connectivity index (χ0) is 33.8. The fourth-order valence-corrected chi connectivity index (χ4v) is 7.52. The fourth-order valence-electron chi connectivity index (χ4n) is 6.60. The highest BCUT2D eigenvalue weighted by Gasteiger charge is 2.44. The van der Waals surface area contributed by atoms with E-state index >= 15 is 4.39 Å². The number of anilines is 4. The van der Waals surface area contributed by atoms with Crippen molar-refractivity contribution in [1.29, 1.82) is 0 Å². The lowest BCUT2D eigenvalue weighted by molar-refractivity contribution is 0.102. The van der Waals surface area contributed by atoms with E-state index in [2.05, 4.69) is 24.9 Å². The number of carbonyl (C=O) groups excluding carboxylic acids is 1. The normalized spacial score (nSPS) is 18.6. The van der Waals surface area contributed by atoms with Crippen molar-refractivity contribution >= 4 is 39.1 Å². The van der Waals surface area contributed by atoms with E-state index in [9.17, 15) is 13.2 Å². The predicted octanol–water partition coefficient (Wildman–Crippen LogP) is 6.26. The molecule has 1 amide bonds. The van der Waals surface area contributed by atoms with Crippen LogP contribution in [0.4, 0.5) is 27.5 Å². The number of hydrogen-bond donors (Lipinski definition) is 2. The Labute approximate surface area is 282 Å². The van der Waals surface area contributed by atoms with Crippen LogP contribution in [-0.4, -0.2) is 68.5 Å². The van der Waals surface area contributed by atoms with Crippen molar-refractivity contribution in [2.45, 2.75) is 64.6 Å². The number of sulfonamides is 1. The Morgan fingerprint density at radius 1 is 0.958 bits per heavy atom. The summed E-state index contributed by atoms with van der Waals surface area (Å²) in [5, 5.41) is 2.95. The zero-order valence-electron chi connectivity index (χ0n) is 27.8. The van der Waals surface area contributed by atoms with E-state index in [1.165, 1.54) is 12.8 Å². The SMILES string of the molecule is C/C=C/C1(F)CCN(c2nc(C)cc(NC(=O)c3ccc(NS(=O)(=O)CCOCc4ccccc4)cc3N3CCC4(CC3)CC4)n2)CC1. The number of amides is 1. The predicted molar refractivity (Wildman–Crippen MR) is 188 cm³/mol. The summed E-state index contributed by atoms with van der Waals surface area (Å²) in [4.78, 5) is 27.2. The third-order valence-electron chi connectivity index (χ3n) is 9.67. The maximum atomic E-state index is 15.0. The van der Waals surface area contributed by atoms with E-state index in [0.717, 1.165) is 31.5 Å². The number of aryl methyl sites for hydroxylation is 1. The van der Waals surface area contributed by atoms with Crippen molar-refractivity contribution in [3.8, 4) is 0 Å². The molecule has 12 heteroatoms. The molecule has 0 bridgehead atoms. The molecular formula is C36H45FN6O4S. The number of aromatic nitrogens is 2. The van der Waals surface area contributed by atoms with Gasteiger partial charge in [0.05, 0.1) is 35.9 Å². The standard InChI is InChI=1S/C36H45FN6O4S/c1-3-11-36(37)16-20-43(21-17-36)34-38-27(2)24-32(40-34)39-33(44)30-10-9-29(25-31(30)42-18-14-35(12-13-35)15-19-42)41-48(45,46)23-22-47-26-28-7-5-4-6-8-28/h3-11,24-25,41H,12-23,26H2,1-2H3,(H,38,39,40,44)/b11-3+. The number of piperidine rings is 2. The van der Waals surface area contributed by atoms with Gasteiger partial charge in [0.1, 0.15) is 11.5 Å². The molecule has 3 aromatic rings. The Morgan fingerprint density at radius 3 is 2.35 bits per heavy atom. The van der Waals surface area contributed by atoms with Crippen LogP contribution in [0.3, 0.4) is 0 Å². The molecule has 2 aliphatic heterocycles. The van der Waals surface area contributed by atoms with Gasteiger partial charge in [-0.25, -0.2) is 17.8 Å². The minimum atomic E-state index is -3.70. The monoisotopic (exact) mass is 676 g/mol. The van der Waals surface area contributed by atoms with Crippen molar-refractivity contribution in [3.63, 3.8) is 0 Å². The van der Waals surface area contributed by atoms with Crippen molar-refractivity contribution in [2.24, 2.45) is 5.41 Å². The van der Waals surface area contributed by atoms with E-state index < -0.39 is 15.7 Å². The second-order valence-corrected chi connectivity index (χ2v) is 15.2. The number of alkyl halides is 1. The summed E-state index contributed by atoms with van der Waals surface area (Å²) in [6.45, 7) is 6.56. The molecule has 1 spiro atoms. The number of rotatable bonds is 12. The number of allylic oxidation sites excluding steroid dienone is 2. The van der Waals surface area contributed by atoms with E-state index in [4.69, 9.17) is 4.74 Å². The molecule has 3 heterocycles. The molecule has 0 radical (unpaired) electrons. The number of carbonyl (C=O) groups is 1. The molecule has 256 valence electrons. The van der Waals surface area contributed by atoms with Gasteiger partial charge in [0.25, 0.3) is 5.91 Å². The molecule has 10 nitrogen and oxygen atoms in total. The van der Waals surface area contributed by atoms with Crippen LogP contribution in [0.5, 0.6) is 0 Å². The van der Waals surface area contributed by atoms with E-state index in [1.54, 1.807) is 36.4 Å². The number of halogens is 1. The van der Waals surface area contributed by atoms with Crippen LogP contribution in [0.1, 0.15) is 67.1 Å². The van der Waals surface area contributed by atoms with Gasteiger partial charge in [-0.05, 0) is 68.7 Å². The lowest BCUT2D eigenvalue weighted by atomic mass is 9.93. The lowest BCUT2D eigenvalue weighted by Crippen LogP contribution is -2.41. The Bertz CT molecular complexity index is 1730. The van der Waals surface area contributed by atoms with Gasteiger partial charge in [0.15, 0.2) is 0 Å². The van der Waals surface area contributed by atoms with Crippen LogP contribution in [-0.2, 0) is 21.4 Å². The number of ether oxygens (including phenoxy) is 1. The van der Waals surface area contributed by atoms with E-state index in [1.807, 2.05) is 49.1 Å². The topological polar surface area (TPSA) is 117 Å². The van der Waals surface area contributed by atoms with Gasteiger partial charge in [-0.3, -0.25) is 9.52 Å². The first kappa shape index (κ1) is 33.9. The summed E-state index contributed by atoms with van der Waals surface area (Å²) in [6, 6.07) is 16.3. The van der Waals surface area contributed by atoms with E-state index in [-0.39, 0.29) is 18.3 Å². The second-order valence-electron chi connectivity index (χ2n) is 13.3. The van der Waals surface area contributed by atoms with Crippen LogP contribution in [0.15, 0.2) is 66.7 Å². The molecule has 0 unspecified atom stereocenters. The summed E-state index contributed by atoms with van der Waals surface area (Å²) >= 11 is 0. The molecule has 0 atom stereocenters. The molecule has 6 rings (SSSR count). The van der Waals surface area contributed by atoms with Gasteiger partial charge in [-0.1, -0.05) is 42.5 Å². The van der Waals surface area contributed by atoms with Gasteiger partial charge >= 0.3 is 0 Å². The van der Waals surface area contributed by atoms with Gasteiger partial charge in [-0.15, -0.1) is 0 Å². The van der Waals surface area contributed by atoms with Crippen molar-refractivity contribution in [2.75, 3.05) is 58.4 Å². The van der Waals surface area contributed by atoms with Crippen LogP contribution in [0.25, 0.3) is 0 Å². The Kier molecular flexibility index (Phi) is 10.0. The number of nitrogens with one attached hydrogen (secondary N) is 2.